The molecular formula is C13H18ClNO. The second-order valence-corrected chi connectivity index (χ2v) is 5.43. The van der Waals surface area contributed by atoms with Crippen LogP contribution in [0.15, 0.2) is 24.3 Å². The highest BCUT2D eigenvalue weighted by Crippen LogP contribution is 2.13. The van der Waals surface area contributed by atoms with Crippen molar-refractivity contribution in [1.82, 2.24) is 5.32 Å². The number of hydrogen-bond acceptors (Lipinski definition) is 2. The molecule has 0 radical (unpaired) electrons. The van der Waals surface area contributed by atoms with Crippen molar-refractivity contribution in [3.63, 3.8) is 0 Å². The maximum Gasteiger partial charge on any atom is 0.179 e. The topological polar surface area (TPSA) is 29.1 Å². The summed E-state index contributed by atoms with van der Waals surface area (Å²) in [7, 11) is 0. The molecule has 0 aromatic heterocycles. The van der Waals surface area contributed by atoms with Gasteiger partial charge in [-0.2, -0.15) is 0 Å². The molecule has 1 rings (SSSR count). The Kier molecular flexibility index (Phi) is 4.11. The van der Waals surface area contributed by atoms with Crippen molar-refractivity contribution in [3.8, 4) is 0 Å². The Labute approximate surface area is 102 Å². The van der Waals surface area contributed by atoms with Gasteiger partial charge in [-0.1, -0.05) is 23.7 Å². The van der Waals surface area contributed by atoms with Gasteiger partial charge in [0.15, 0.2) is 5.78 Å². The van der Waals surface area contributed by atoms with E-state index in [9.17, 15) is 4.79 Å². The molecular weight excluding hydrogens is 222 g/mol. The first kappa shape index (κ1) is 13.2. The Balaban J connectivity index is 2.78. The molecule has 1 N–H and O–H groups in total. The number of halogens is 1. The first-order chi connectivity index (χ1) is 7.29. The number of benzene rings is 1. The van der Waals surface area contributed by atoms with E-state index >= 15 is 0 Å². The summed E-state index contributed by atoms with van der Waals surface area (Å²) >= 11 is 5.85. The van der Waals surface area contributed by atoms with Crippen LogP contribution in [0.1, 0.15) is 38.1 Å². The monoisotopic (exact) mass is 239 g/mol. The van der Waals surface area contributed by atoms with Crippen LogP contribution in [0.2, 0.25) is 5.02 Å². The molecule has 1 aromatic rings. The number of ketones is 1. The molecule has 0 saturated heterocycles. The second kappa shape index (κ2) is 4.98. The molecule has 0 fully saturated rings. The summed E-state index contributed by atoms with van der Waals surface area (Å²) in [6.07, 6.45) is 0. The van der Waals surface area contributed by atoms with E-state index in [0.717, 1.165) is 0 Å². The van der Waals surface area contributed by atoms with Crippen LogP contribution in [0.5, 0.6) is 0 Å². The van der Waals surface area contributed by atoms with Gasteiger partial charge in [0.1, 0.15) is 0 Å². The largest absolute Gasteiger partial charge is 0.303 e. The molecule has 2 nitrogen and oxygen atoms in total. The molecule has 88 valence electrons. The maximum atomic E-state index is 12.1. The molecule has 1 aromatic carbocycles. The average Bonchev–Trinajstić information content (AvgIpc) is 2.14. The molecule has 16 heavy (non-hydrogen) atoms. The molecule has 0 spiro atoms. The van der Waals surface area contributed by atoms with Crippen molar-refractivity contribution in [3.05, 3.63) is 34.9 Å². The number of hydrogen-bond donors (Lipinski definition) is 1. The lowest BCUT2D eigenvalue weighted by Gasteiger charge is -2.25. The van der Waals surface area contributed by atoms with Crippen LogP contribution in [0.4, 0.5) is 0 Å². The second-order valence-electron chi connectivity index (χ2n) is 4.99. The SMILES string of the molecule is C[C@@H](NC(C)(C)C)C(=O)c1cccc(Cl)c1. The third-order valence-corrected chi connectivity index (χ3v) is 2.39. The van der Waals surface area contributed by atoms with E-state index in [1.54, 1.807) is 24.3 Å². The van der Waals surface area contributed by atoms with Gasteiger partial charge in [-0.25, -0.2) is 0 Å². The fourth-order valence-electron chi connectivity index (χ4n) is 1.61. The minimum atomic E-state index is -0.210. The molecule has 0 aliphatic carbocycles. The first-order valence-electron chi connectivity index (χ1n) is 5.37. The lowest BCUT2D eigenvalue weighted by Crippen LogP contribution is -2.46. The van der Waals surface area contributed by atoms with Crippen LogP contribution in [0.25, 0.3) is 0 Å². The van der Waals surface area contributed by atoms with E-state index in [1.165, 1.54) is 0 Å². The van der Waals surface area contributed by atoms with E-state index in [4.69, 9.17) is 11.6 Å². The van der Waals surface area contributed by atoms with Gasteiger partial charge in [-0.3, -0.25) is 4.79 Å². The van der Waals surface area contributed by atoms with E-state index in [2.05, 4.69) is 5.32 Å². The third-order valence-electron chi connectivity index (χ3n) is 2.15. The van der Waals surface area contributed by atoms with Crippen molar-refractivity contribution >= 4 is 17.4 Å². The number of rotatable bonds is 3. The number of carbonyl (C=O) groups excluding carboxylic acids is 1. The van der Waals surface area contributed by atoms with Gasteiger partial charge in [0.05, 0.1) is 6.04 Å². The number of Topliss-reactive ketones (excluding diaryl/α,β-unsaturated/α-hetero) is 1. The third kappa shape index (κ3) is 3.95. The van der Waals surface area contributed by atoms with E-state index < -0.39 is 0 Å². The van der Waals surface area contributed by atoms with Crippen LogP contribution in [-0.4, -0.2) is 17.4 Å². The summed E-state index contributed by atoms with van der Waals surface area (Å²) < 4.78 is 0. The molecule has 0 aliphatic rings. The molecule has 0 heterocycles. The molecule has 0 unspecified atom stereocenters. The van der Waals surface area contributed by atoms with Gasteiger partial charge >= 0.3 is 0 Å². The van der Waals surface area contributed by atoms with Gasteiger partial charge in [0, 0.05) is 16.1 Å². The van der Waals surface area contributed by atoms with Crippen molar-refractivity contribution in [1.29, 1.82) is 0 Å². The molecule has 0 amide bonds. The van der Waals surface area contributed by atoms with Crippen LogP contribution in [0.3, 0.4) is 0 Å². The smallest absolute Gasteiger partial charge is 0.179 e. The summed E-state index contributed by atoms with van der Waals surface area (Å²) in [6, 6.07) is 6.83. The van der Waals surface area contributed by atoms with Crippen LogP contribution >= 0.6 is 11.6 Å². The van der Waals surface area contributed by atoms with Gasteiger partial charge in [0.25, 0.3) is 0 Å². The Morgan fingerprint density at radius 1 is 1.38 bits per heavy atom. The average molecular weight is 240 g/mol. The van der Waals surface area contributed by atoms with Crippen LogP contribution in [0, 0.1) is 0 Å². The summed E-state index contributed by atoms with van der Waals surface area (Å²) in [5.41, 5.74) is 0.574. The van der Waals surface area contributed by atoms with Crippen molar-refractivity contribution in [2.75, 3.05) is 0 Å². The highest BCUT2D eigenvalue weighted by atomic mass is 35.5. The van der Waals surface area contributed by atoms with Gasteiger partial charge in [0.2, 0.25) is 0 Å². The number of carbonyl (C=O) groups is 1. The van der Waals surface area contributed by atoms with Gasteiger partial charge in [-0.15, -0.1) is 0 Å². The standard InChI is InChI=1S/C13H18ClNO/c1-9(15-13(2,3)4)12(16)10-6-5-7-11(14)8-10/h5-9,15H,1-4H3/t9-/m1/s1. The van der Waals surface area contributed by atoms with Crippen molar-refractivity contribution in [2.24, 2.45) is 0 Å². The predicted molar refractivity (Wildman–Crippen MR) is 68.1 cm³/mol. The predicted octanol–water partition coefficient (Wildman–Crippen LogP) is 3.30. The Morgan fingerprint density at radius 3 is 2.50 bits per heavy atom. The zero-order chi connectivity index (χ0) is 12.3. The van der Waals surface area contributed by atoms with Crippen molar-refractivity contribution in [2.45, 2.75) is 39.3 Å². The summed E-state index contributed by atoms with van der Waals surface area (Å²) in [5.74, 6) is 0.0671. The first-order valence-corrected chi connectivity index (χ1v) is 5.75. The molecule has 0 saturated carbocycles. The maximum absolute atomic E-state index is 12.1. The minimum Gasteiger partial charge on any atom is -0.303 e. The van der Waals surface area contributed by atoms with Gasteiger partial charge < -0.3 is 5.32 Å². The van der Waals surface area contributed by atoms with E-state index in [0.29, 0.717) is 10.6 Å². The van der Waals surface area contributed by atoms with Crippen LogP contribution in [-0.2, 0) is 0 Å². The minimum absolute atomic E-state index is 0.0671. The quantitative estimate of drug-likeness (QED) is 0.820. The molecule has 1 atom stereocenters. The normalized spacial score (nSPS) is 13.6. The summed E-state index contributed by atoms with van der Waals surface area (Å²) in [4.78, 5) is 12.1. The number of nitrogens with one attached hydrogen (secondary N) is 1. The van der Waals surface area contributed by atoms with E-state index in [1.807, 2.05) is 27.7 Å². The highest BCUT2D eigenvalue weighted by molar-refractivity contribution is 6.31. The van der Waals surface area contributed by atoms with Gasteiger partial charge in [-0.05, 0) is 39.8 Å². The molecule has 3 heteroatoms. The summed E-state index contributed by atoms with van der Waals surface area (Å²) in [6.45, 7) is 7.98. The van der Waals surface area contributed by atoms with Crippen LogP contribution < -0.4 is 5.32 Å². The Bertz CT molecular complexity index is 382. The Hall–Kier alpha value is -0.860. The zero-order valence-electron chi connectivity index (χ0n) is 10.2. The molecule has 0 aliphatic heterocycles. The van der Waals surface area contributed by atoms with Crippen molar-refractivity contribution < 1.29 is 4.79 Å². The fraction of sp³-hybridized carbons (Fsp3) is 0.462. The fourth-order valence-corrected chi connectivity index (χ4v) is 1.80. The lowest BCUT2D eigenvalue weighted by atomic mass is 10.0. The lowest BCUT2D eigenvalue weighted by molar-refractivity contribution is 0.0936. The highest BCUT2D eigenvalue weighted by Gasteiger charge is 2.20. The summed E-state index contributed by atoms with van der Waals surface area (Å²) in [5, 5.41) is 3.84. The van der Waals surface area contributed by atoms with E-state index in [-0.39, 0.29) is 17.4 Å². The Morgan fingerprint density at radius 2 is 2.00 bits per heavy atom. The molecule has 0 bridgehead atoms. The zero-order valence-corrected chi connectivity index (χ0v) is 10.9.